The predicted molar refractivity (Wildman–Crippen MR) is 181 cm³/mol. The molecular formula is C36H32N2Si3. The Morgan fingerprint density at radius 2 is 0.732 bits per heavy atom. The van der Waals surface area contributed by atoms with Crippen molar-refractivity contribution in [1.29, 1.82) is 0 Å². The van der Waals surface area contributed by atoms with Crippen LogP contribution in [0.5, 0.6) is 0 Å². The van der Waals surface area contributed by atoms with E-state index in [4.69, 9.17) is 4.30 Å². The molecule has 5 heteroatoms. The highest BCUT2D eigenvalue weighted by atomic mass is 28.4. The van der Waals surface area contributed by atoms with Crippen LogP contribution in [0.15, 0.2) is 186 Å². The summed E-state index contributed by atoms with van der Waals surface area (Å²) in [6.07, 6.45) is 0. The van der Waals surface area contributed by atoms with E-state index < -0.39 is 25.9 Å². The first-order chi connectivity index (χ1) is 20.3. The van der Waals surface area contributed by atoms with Crippen LogP contribution < -0.4 is 35.8 Å². The highest BCUT2D eigenvalue weighted by Gasteiger charge is 2.41. The maximum absolute atomic E-state index is 6.14. The van der Waals surface area contributed by atoms with E-state index >= 15 is 0 Å². The van der Waals surface area contributed by atoms with Crippen molar-refractivity contribution in [2.45, 2.75) is 0 Å². The molecule has 6 aromatic carbocycles. The zero-order valence-corrected chi connectivity index (χ0v) is 26.0. The summed E-state index contributed by atoms with van der Waals surface area (Å²) in [4.78, 5) is 0. The summed E-state index contributed by atoms with van der Waals surface area (Å²) in [6, 6.07) is 65.8. The SMILES string of the molecule is c1ccc([Si](=N[Si](N[SiH](c2ccccc2)c2ccccc2)(c2ccccc2)c2ccccc2)c2ccccc2)cc1. The van der Waals surface area contributed by atoms with Gasteiger partial charge in [0.1, 0.15) is 0 Å². The molecule has 0 aliphatic heterocycles. The quantitative estimate of drug-likeness (QED) is 0.262. The van der Waals surface area contributed by atoms with Gasteiger partial charge in [-0.1, -0.05) is 182 Å². The molecule has 2 nitrogen and oxygen atoms in total. The molecule has 0 spiro atoms. The fourth-order valence-corrected chi connectivity index (χ4v) is 18.6. The number of hydrogen-bond acceptors (Lipinski definition) is 2. The van der Waals surface area contributed by atoms with Crippen molar-refractivity contribution in [2.75, 3.05) is 0 Å². The molecule has 198 valence electrons. The van der Waals surface area contributed by atoms with Crippen LogP contribution in [-0.4, -0.2) is 25.9 Å². The van der Waals surface area contributed by atoms with Crippen LogP contribution in [0.2, 0.25) is 0 Å². The monoisotopic (exact) mass is 576 g/mol. The molecule has 0 saturated carbocycles. The van der Waals surface area contributed by atoms with Crippen LogP contribution >= 0.6 is 0 Å². The Kier molecular flexibility index (Phi) is 8.49. The second kappa shape index (κ2) is 12.9. The van der Waals surface area contributed by atoms with Gasteiger partial charge in [0.2, 0.25) is 0 Å². The van der Waals surface area contributed by atoms with Gasteiger partial charge < -0.3 is 8.95 Å². The van der Waals surface area contributed by atoms with Gasteiger partial charge in [-0.25, -0.2) is 0 Å². The smallest absolute Gasteiger partial charge is 0.302 e. The molecule has 6 rings (SSSR count). The summed E-state index contributed by atoms with van der Waals surface area (Å²) >= 11 is 0. The largest absolute Gasteiger partial charge is 0.336 e. The van der Waals surface area contributed by atoms with E-state index in [9.17, 15) is 0 Å². The lowest BCUT2D eigenvalue weighted by Crippen LogP contribution is -2.76. The Morgan fingerprint density at radius 3 is 1.10 bits per heavy atom. The lowest BCUT2D eigenvalue weighted by Gasteiger charge is -2.35. The van der Waals surface area contributed by atoms with Gasteiger partial charge in [-0.2, -0.15) is 0 Å². The van der Waals surface area contributed by atoms with Gasteiger partial charge in [0, 0.05) is 0 Å². The first-order valence-corrected chi connectivity index (χ1v) is 19.2. The first kappa shape index (κ1) is 26.9. The lowest BCUT2D eigenvalue weighted by atomic mass is 10.4. The second-order valence-corrected chi connectivity index (χ2v) is 18.7. The van der Waals surface area contributed by atoms with Crippen LogP contribution in [0.4, 0.5) is 0 Å². The second-order valence-electron chi connectivity index (χ2n) is 10.0. The van der Waals surface area contributed by atoms with Crippen molar-refractivity contribution in [1.82, 2.24) is 4.65 Å². The molecule has 41 heavy (non-hydrogen) atoms. The summed E-state index contributed by atoms with van der Waals surface area (Å²) in [5.74, 6) is 0. The molecule has 0 heterocycles. The minimum atomic E-state index is -2.92. The maximum atomic E-state index is 6.14. The van der Waals surface area contributed by atoms with Crippen LogP contribution in [0.1, 0.15) is 0 Å². The summed E-state index contributed by atoms with van der Waals surface area (Å²) < 4.78 is 10.6. The van der Waals surface area contributed by atoms with Gasteiger partial charge in [-0.3, -0.25) is 0 Å². The molecule has 1 N–H and O–H groups in total. The van der Waals surface area contributed by atoms with E-state index in [2.05, 4.69) is 187 Å². The fraction of sp³-hybridized carbons (Fsp3) is 0. The highest BCUT2D eigenvalue weighted by Crippen LogP contribution is 2.08. The van der Waals surface area contributed by atoms with Crippen LogP contribution in [0, 0.1) is 0 Å². The molecule has 0 aromatic heterocycles. The van der Waals surface area contributed by atoms with Crippen LogP contribution in [0.3, 0.4) is 0 Å². The summed E-state index contributed by atoms with van der Waals surface area (Å²) in [7, 11) is -6.36. The van der Waals surface area contributed by atoms with E-state index in [0.29, 0.717) is 0 Å². The van der Waals surface area contributed by atoms with Crippen molar-refractivity contribution in [3.05, 3.63) is 182 Å². The van der Waals surface area contributed by atoms with Crippen LogP contribution in [-0.2, 0) is 0 Å². The Labute approximate surface area is 247 Å². The zero-order valence-electron chi connectivity index (χ0n) is 22.8. The van der Waals surface area contributed by atoms with Crippen molar-refractivity contribution in [3.63, 3.8) is 0 Å². The number of rotatable bonds is 9. The molecule has 0 unspecified atom stereocenters. The number of nitrogens with one attached hydrogen (secondary N) is 1. The lowest BCUT2D eigenvalue weighted by molar-refractivity contribution is 1.39. The van der Waals surface area contributed by atoms with Gasteiger partial charge in [0.15, 0.2) is 17.5 Å². The average molecular weight is 577 g/mol. The average Bonchev–Trinajstić information content (AvgIpc) is 3.07. The third kappa shape index (κ3) is 6.09. The summed E-state index contributed by atoms with van der Waals surface area (Å²) in [5, 5.41) is 7.89. The number of nitrogens with zero attached hydrogens (tertiary/aromatic N) is 1. The fourth-order valence-electron chi connectivity index (χ4n) is 5.37. The Balaban J connectivity index is 1.67. The van der Waals surface area contributed by atoms with E-state index in [1.165, 1.54) is 31.1 Å². The molecule has 0 fully saturated rings. The van der Waals surface area contributed by atoms with E-state index in [1.807, 2.05) is 0 Å². The summed E-state index contributed by atoms with van der Waals surface area (Å²) in [6.45, 7) is 0. The van der Waals surface area contributed by atoms with Gasteiger partial charge >= 0.3 is 8.40 Å². The van der Waals surface area contributed by atoms with E-state index in [0.717, 1.165) is 0 Å². The van der Waals surface area contributed by atoms with Gasteiger partial charge in [-0.15, -0.1) is 0 Å². The third-order valence-electron chi connectivity index (χ3n) is 7.38. The third-order valence-corrected chi connectivity index (χ3v) is 18.6. The highest BCUT2D eigenvalue weighted by molar-refractivity contribution is 7.09. The molecule has 0 aliphatic rings. The molecule has 0 saturated heterocycles. The topological polar surface area (TPSA) is 24.4 Å². The predicted octanol–water partition coefficient (Wildman–Crippen LogP) is 3.45. The van der Waals surface area contributed by atoms with Gasteiger partial charge in [-0.05, 0) is 31.1 Å². The van der Waals surface area contributed by atoms with Crippen molar-refractivity contribution < 1.29 is 0 Å². The number of benzene rings is 6. The van der Waals surface area contributed by atoms with Gasteiger partial charge in [0.25, 0.3) is 0 Å². The maximum Gasteiger partial charge on any atom is 0.302 e. The van der Waals surface area contributed by atoms with Crippen molar-refractivity contribution >= 4 is 57.1 Å². The Morgan fingerprint density at radius 1 is 0.415 bits per heavy atom. The molecule has 0 atom stereocenters. The molecular weight excluding hydrogens is 545 g/mol. The standard InChI is InChI=1S/C36H32N2Si3/c1-7-19-31(20-8-1)39(32-21-9-2-10-22-32)37-41(35-27-15-5-16-28-35,36-29-17-6-18-30-36)38-40(33-23-11-3-12-24-33)34-25-13-4-14-26-34/h1-30,37,39H. The van der Waals surface area contributed by atoms with E-state index in [-0.39, 0.29) is 0 Å². The minimum absolute atomic E-state index is 1.28. The Hall–Kier alpha value is -4.27. The molecule has 0 amide bonds. The number of hydrogen-bond donors (Lipinski definition) is 1. The minimum Gasteiger partial charge on any atom is -0.336 e. The Bertz CT molecular complexity index is 1560. The van der Waals surface area contributed by atoms with Crippen molar-refractivity contribution in [3.8, 4) is 0 Å². The zero-order chi connectivity index (χ0) is 27.7. The molecule has 0 aliphatic carbocycles. The van der Waals surface area contributed by atoms with E-state index in [1.54, 1.807) is 0 Å². The van der Waals surface area contributed by atoms with Crippen LogP contribution in [0.25, 0.3) is 0 Å². The van der Waals surface area contributed by atoms with Crippen molar-refractivity contribution in [2.24, 2.45) is 4.30 Å². The molecule has 6 aromatic rings. The normalized spacial score (nSPS) is 11.2. The first-order valence-electron chi connectivity index (χ1n) is 14.0. The summed E-state index contributed by atoms with van der Waals surface area (Å²) in [5.41, 5.74) is 0. The van der Waals surface area contributed by atoms with Gasteiger partial charge in [0.05, 0.1) is 0 Å². The molecule has 0 radical (unpaired) electrons. The molecule has 0 bridgehead atoms.